The van der Waals surface area contributed by atoms with Crippen LogP contribution in [-0.4, -0.2) is 38.8 Å². The van der Waals surface area contributed by atoms with Crippen molar-refractivity contribution in [2.24, 2.45) is 5.92 Å². The van der Waals surface area contributed by atoms with Crippen molar-refractivity contribution in [3.63, 3.8) is 0 Å². The number of carbonyl (C=O) groups is 1. The van der Waals surface area contributed by atoms with Gasteiger partial charge in [-0.1, -0.05) is 6.07 Å². The highest BCUT2D eigenvalue weighted by atomic mass is 32.1. The summed E-state index contributed by atoms with van der Waals surface area (Å²) in [7, 11) is 0. The number of thiophene rings is 1. The number of hydrogen-bond acceptors (Lipinski definition) is 5. The third-order valence-electron chi connectivity index (χ3n) is 3.35. The summed E-state index contributed by atoms with van der Waals surface area (Å²) in [6, 6.07) is 7.41. The largest absolute Gasteiger partial charge is 0.396 e. The molecule has 0 spiro atoms. The molecule has 3 aromatic heterocycles. The van der Waals surface area contributed by atoms with Gasteiger partial charge in [0.05, 0.1) is 0 Å². The van der Waals surface area contributed by atoms with E-state index in [1.165, 1.54) is 4.88 Å². The molecule has 1 unspecified atom stereocenters. The van der Waals surface area contributed by atoms with Crippen molar-refractivity contribution in [1.82, 2.24) is 19.9 Å². The molecule has 2 N–H and O–H groups in total. The molecule has 114 valence electrons. The van der Waals surface area contributed by atoms with Crippen molar-refractivity contribution in [2.75, 3.05) is 13.2 Å². The van der Waals surface area contributed by atoms with Crippen LogP contribution in [0.5, 0.6) is 0 Å². The van der Waals surface area contributed by atoms with E-state index in [1.807, 2.05) is 17.5 Å². The quantitative estimate of drug-likeness (QED) is 0.720. The maximum Gasteiger partial charge on any atom is 0.271 e. The monoisotopic (exact) mass is 316 g/mol. The molecule has 0 aliphatic heterocycles. The van der Waals surface area contributed by atoms with Crippen molar-refractivity contribution >= 4 is 22.9 Å². The summed E-state index contributed by atoms with van der Waals surface area (Å²) >= 11 is 1.65. The first-order chi connectivity index (χ1) is 10.8. The molecule has 0 saturated heterocycles. The molecular formula is C15H16N4O2S. The molecule has 0 bridgehead atoms. The van der Waals surface area contributed by atoms with Crippen molar-refractivity contribution in [2.45, 2.75) is 6.42 Å². The second-order valence-electron chi connectivity index (χ2n) is 4.99. The topological polar surface area (TPSA) is 79.5 Å². The summed E-state index contributed by atoms with van der Waals surface area (Å²) in [4.78, 5) is 17.5. The molecule has 3 aromatic rings. The molecule has 0 aromatic carbocycles. The molecule has 0 aliphatic rings. The molecule has 3 rings (SSSR count). The molecule has 1 amide bonds. The maximum absolute atomic E-state index is 12.1. The average molecular weight is 316 g/mol. The van der Waals surface area contributed by atoms with Gasteiger partial charge in [0.15, 0.2) is 11.3 Å². The Morgan fingerprint density at radius 3 is 3.09 bits per heavy atom. The van der Waals surface area contributed by atoms with E-state index in [0.29, 0.717) is 17.9 Å². The fraction of sp³-hybridized carbons (Fsp3) is 0.267. The van der Waals surface area contributed by atoms with Gasteiger partial charge in [0.25, 0.3) is 5.91 Å². The van der Waals surface area contributed by atoms with Crippen molar-refractivity contribution in [1.29, 1.82) is 0 Å². The van der Waals surface area contributed by atoms with Gasteiger partial charge >= 0.3 is 0 Å². The Balaban J connectivity index is 1.61. The second kappa shape index (κ2) is 6.67. The molecule has 3 heterocycles. The summed E-state index contributed by atoms with van der Waals surface area (Å²) in [5.74, 6) is -0.257. The number of rotatable bonds is 6. The second-order valence-corrected chi connectivity index (χ2v) is 6.03. The van der Waals surface area contributed by atoms with Gasteiger partial charge in [-0.2, -0.15) is 5.10 Å². The van der Waals surface area contributed by atoms with E-state index in [1.54, 1.807) is 40.4 Å². The number of aliphatic hydroxyl groups is 1. The van der Waals surface area contributed by atoms with Gasteiger partial charge in [0.2, 0.25) is 0 Å². The van der Waals surface area contributed by atoms with E-state index in [2.05, 4.69) is 15.4 Å². The maximum atomic E-state index is 12.1. The summed E-state index contributed by atoms with van der Waals surface area (Å²) in [6.45, 7) is 0.444. The lowest BCUT2D eigenvalue weighted by molar-refractivity contribution is 0.0935. The van der Waals surface area contributed by atoms with Crippen molar-refractivity contribution < 1.29 is 9.90 Å². The Morgan fingerprint density at radius 2 is 2.36 bits per heavy atom. The van der Waals surface area contributed by atoms with Gasteiger partial charge in [-0.15, -0.1) is 11.3 Å². The fourth-order valence-electron chi connectivity index (χ4n) is 2.18. The third-order valence-corrected chi connectivity index (χ3v) is 4.25. The van der Waals surface area contributed by atoms with Gasteiger partial charge in [0, 0.05) is 42.4 Å². The third kappa shape index (κ3) is 3.32. The van der Waals surface area contributed by atoms with E-state index in [9.17, 15) is 9.90 Å². The lowest BCUT2D eigenvalue weighted by Crippen LogP contribution is -2.32. The van der Waals surface area contributed by atoms with E-state index >= 15 is 0 Å². The Bertz CT molecular complexity index is 721. The number of carbonyl (C=O) groups excluding carboxylic acids is 1. The van der Waals surface area contributed by atoms with Gasteiger partial charge in [0.1, 0.15) is 0 Å². The zero-order chi connectivity index (χ0) is 15.4. The van der Waals surface area contributed by atoms with Crippen LogP contribution in [0.3, 0.4) is 0 Å². The number of aliphatic hydroxyl groups excluding tert-OH is 1. The predicted molar refractivity (Wildman–Crippen MR) is 83.9 cm³/mol. The lowest BCUT2D eigenvalue weighted by Gasteiger charge is -2.13. The molecule has 22 heavy (non-hydrogen) atoms. The van der Waals surface area contributed by atoms with Crippen molar-refractivity contribution in [3.05, 3.63) is 52.6 Å². The highest BCUT2D eigenvalue weighted by Crippen LogP contribution is 2.14. The zero-order valence-corrected chi connectivity index (χ0v) is 12.7. The van der Waals surface area contributed by atoms with Gasteiger partial charge in [-0.25, -0.2) is 9.50 Å². The fourth-order valence-corrected chi connectivity index (χ4v) is 3.00. The Hall–Kier alpha value is -2.25. The Morgan fingerprint density at radius 1 is 1.45 bits per heavy atom. The number of hydrogen-bond donors (Lipinski definition) is 2. The summed E-state index contributed by atoms with van der Waals surface area (Å²) in [5, 5.41) is 18.5. The molecule has 7 heteroatoms. The van der Waals surface area contributed by atoms with E-state index < -0.39 is 0 Å². The Kier molecular flexibility index (Phi) is 4.45. The van der Waals surface area contributed by atoms with Crippen molar-refractivity contribution in [3.8, 4) is 0 Å². The highest BCUT2D eigenvalue weighted by molar-refractivity contribution is 7.09. The smallest absolute Gasteiger partial charge is 0.271 e. The number of amides is 1. The van der Waals surface area contributed by atoms with E-state index in [-0.39, 0.29) is 18.4 Å². The predicted octanol–water partition coefficient (Wildman–Crippen LogP) is 1.37. The van der Waals surface area contributed by atoms with Gasteiger partial charge < -0.3 is 10.4 Å². The van der Waals surface area contributed by atoms with Crippen LogP contribution in [0.4, 0.5) is 0 Å². The first-order valence-corrected chi connectivity index (χ1v) is 7.86. The molecule has 6 nitrogen and oxygen atoms in total. The molecule has 0 aliphatic carbocycles. The molecular weight excluding hydrogens is 300 g/mol. The minimum Gasteiger partial charge on any atom is -0.396 e. The minimum absolute atomic E-state index is 0.00208. The van der Waals surface area contributed by atoms with Crippen LogP contribution in [0, 0.1) is 5.92 Å². The minimum atomic E-state index is -0.255. The van der Waals surface area contributed by atoms with E-state index in [0.717, 1.165) is 6.42 Å². The zero-order valence-electron chi connectivity index (χ0n) is 11.8. The highest BCUT2D eigenvalue weighted by Gasteiger charge is 2.14. The SMILES string of the molecule is O=C(NCC(CO)Cc1cccs1)c1cc2ncccn2n1. The van der Waals surface area contributed by atoms with Crippen LogP contribution in [0.15, 0.2) is 42.0 Å². The number of nitrogens with one attached hydrogen (secondary N) is 1. The number of fused-ring (bicyclic) bond motifs is 1. The average Bonchev–Trinajstić information content (AvgIpc) is 3.19. The van der Waals surface area contributed by atoms with Crippen LogP contribution in [0.2, 0.25) is 0 Å². The summed E-state index contributed by atoms with van der Waals surface area (Å²) in [6.07, 6.45) is 4.15. The molecule has 1 atom stereocenters. The summed E-state index contributed by atoms with van der Waals surface area (Å²) in [5.41, 5.74) is 0.955. The first-order valence-electron chi connectivity index (χ1n) is 6.98. The standard InChI is InChI=1S/C15H16N4O2S/c20-10-11(7-12-3-1-6-22-12)9-17-15(21)13-8-14-16-4-2-5-19(14)18-13/h1-6,8,11,20H,7,9-10H2,(H,17,21). The molecule has 0 saturated carbocycles. The van der Waals surface area contributed by atoms with Crippen LogP contribution in [-0.2, 0) is 6.42 Å². The Labute approximate surface area is 131 Å². The van der Waals surface area contributed by atoms with Crippen LogP contribution in [0.1, 0.15) is 15.4 Å². The van der Waals surface area contributed by atoms with E-state index in [4.69, 9.17) is 0 Å². The number of aromatic nitrogens is 3. The first kappa shape index (κ1) is 14.7. The van der Waals surface area contributed by atoms with Crippen LogP contribution < -0.4 is 5.32 Å². The lowest BCUT2D eigenvalue weighted by atomic mass is 10.1. The molecule has 0 fully saturated rings. The van der Waals surface area contributed by atoms with Crippen LogP contribution >= 0.6 is 11.3 Å². The van der Waals surface area contributed by atoms with Gasteiger partial charge in [-0.3, -0.25) is 4.79 Å². The number of nitrogens with zero attached hydrogens (tertiary/aromatic N) is 3. The normalized spacial score (nSPS) is 12.4. The van der Waals surface area contributed by atoms with Crippen LogP contribution in [0.25, 0.3) is 5.65 Å². The molecule has 0 radical (unpaired) electrons. The summed E-state index contributed by atoms with van der Waals surface area (Å²) < 4.78 is 1.56. The van der Waals surface area contributed by atoms with Gasteiger partial charge in [-0.05, 0) is 23.9 Å².